The van der Waals surface area contributed by atoms with Crippen molar-refractivity contribution < 1.29 is 4.79 Å². The molecule has 1 amide bonds. The van der Waals surface area contributed by atoms with E-state index < -0.39 is 0 Å². The zero-order chi connectivity index (χ0) is 10.7. The second-order valence-corrected chi connectivity index (χ2v) is 5.18. The van der Waals surface area contributed by atoms with E-state index >= 15 is 0 Å². The molecule has 3 nitrogen and oxygen atoms in total. The van der Waals surface area contributed by atoms with Crippen molar-refractivity contribution in [3.8, 4) is 0 Å². The fourth-order valence-electron chi connectivity index (χ4n) is 3.18. The molecule has 1 heterocycles. The third-order valence-electron chi connectivity index (χ3n) is 4.08. The SMILES string of the molecule is NC(=O)C1(CC2CCCCC2)CCCN1. The minimum Gasteiger partial charge on any atom is -0.368 e. The zero-order valence-electron chi connectivity index (χ0n) is 9.43. The number of nitrogens with one attached hydrogen (secondary N) is 1. The van der Waals surface area contributed by atoms with Gasteiger partial charge < -0.3 is 11.1 Å². The van der Waals surface area contributed by atoms with Gasteiger partial charge in [-0.15, -0.1) is 0 Å². The lowest BCUT2D eigenvalue weighted by molar-refractivity contribution is -0.124. The van der Waals surface area contributed by atoms with Crippen LogP contribution in [0, 0.1) is 5.92 Å². The number of nitrogens with two attached hydrogens (primary N) is 1. The van der Waals surface area contributed by atoms with Gasteiger partial charge in [0.25, 0.3) is 0 Å². The molecule has 15 heavy (non-hydrogen) atoms. The minimum absolute atomic E-state index is 0.134. The van der Waals surface area contributed by atoms with Crippen LogP contribution in [0.5, 0.6) is 0 Å². The van der Waals surface area contributed by atoms with Crippen LogP contribution in [0.15, 0.2) is 0 Å². The summed E-state index contributed by atoms with van der Waals surface area (Å²) in [7, 11) is 0. The average molecular weight is 210 g/mol. The molecule has 1 unspecified atom stereocenters. The van der Waals surface area contributed by atoms with Gasteiger partial charge in [0.05, 0.1) is 5.54 Å². The Morgan fingerprint density at radius 3 is 2.53 bits per heavy atom. The third-order valence-corrected chi connectivity index (χ3v) is 4.08. The molecule has 0 aromatic heterocycles. The van der Waals surface area contributed by atoms with E-state index in [4.69, 9.17) is 5.73 Å². The quantitative estimate of drug-likeness (QED) is 0.743. The Kier molecular flexibility index (Phi) is 3.29. The standard InChI is InChI=1S/C12H22N2O/c13-11(15)12(7-4-8-14-12)9-10-5-2-1-3-6-10/h10,14H,1-9H2,(H2,13,15). The summed E-state index contributed by atoms with van der Waals surface area (Å²) in [6, 6.07) is 0. The smallest absolute Gasteiger partial charge is 0.237 e. The van der Waals surface area contributed by atoms with E-state index in [0.717, 1.165) is 31.7 Å². The van der Waals surface area contributed by atoms with Crippen LogP contribution >= 0.6 is 0 Å². The van der Waals surface area contributed by atoms with E-state index in [2.05, 4.69) is 5.32 Å². The number of hydrogen-bond donors (Lipinski definition) is 2. The number of carbonyl (C=O) groups excluding carboxylic acids is 1. The monoisotopic (exact) mass is 210 g/mol. The van der Waals surface area contributed by atoms with Gasteiger partial charge in [-0.05, 0) is 31.7 Å². The molecule has 1 aliphatic carbocycles. The highest BCUT2D eigenvalue weighted by atomic mass is 16.1. The highest BCUT2D eigenvalue weighted by molar-refractivity contribution is 5.85. The molecule has 2 aliphatic rings. The Morgan fingerprint density at radius 2 is 2.00 bits per heavy atom. The van der Waals surface area contributed by atoms with Gasteiger partial charge in [0.2, 0.25) is 5.91 Å². The van der Waals surface area contributed by atoms with E-state index in [1.165, 1.54) is 32.1 Å². The van der Waals surface area contributed by atoms with Gasteiger partial charge in [-0.2, -0.15) is 0 Å². The first-order valence-electron chi connectivity index (χ1n) is 6.28. The molecule has 2 rings (SSSR count). The zero-order valence-corrected chi connectivity index (χ0v) is 9.43. The van der Waals surface area contributed by atoms with Crippen molar-refractivity contribution in [3.63, 3.8) is 0 Å². The summed E-state index contributed by atoms with van der Waals surface area (Å²) in [6.07, 6.45) is 9.62. The molecule has 0 aromatic carbocycles. The summed E-state index contributed by atoms with van der Waals surface area (Å²) in [6.45, 7) is 0.954. The summed E-state index contributed by atoms with van der Waals surface area (Å²) in [5, 5.41) is 3.34. The lowest BCUT2D eigenvalue weighted by Crippen LogP contribution is -2.52. The van der Waals surface area contributed by atoms with Crippen molar-refractivity contribution in [1.29, 1.82) is 0 Å². The molecule has 1 aliphatic heterocycles. The minimum atomic E-state index is -0.359. The largest absolute Gasteiger partial charge is 0.368 e. The molecule has 1 atom stereocenters. The van der Waals surface area contributed by atoms with E-state index in [-0.39, 0.29) is 11.4 Å². The lowest BCUT2D eigenvalue weighted by atomic mass is 9.78. The molecular formula is C12H22N2O. The second-order valence-electron chi connectivity index (χ2n) is 5.18. The fraction of sp³-hybridized carbons (Fsp3) is 0.917. The van der Waals surface area contributed by atoms with Gasteiger partial charge in [0, 0.05) is 0 Å². The lowest BCUT2D eigenvalue weighted by Gasteiger charge is -2.32. The van der Waals surface area contributed by atoms with Gasteiger partial charge in [-0.3, -0.25) is 4.79 Å². The van der Waals surface area contributed by atoms with Gasteiger partial charge in [-0.25, -0.2) is 0 Å². The molecule has 0 spiro atoms. The molecular weight excluding hydrogens is 188 g/mol. The van der Waals surface area contributed by atoms with E-state index in [9.17, 15) is 4.79 Å². The fourth-order valence-corrected chi connectivity index (χ4v) is 3.18. The van der Waals surface area contributed by atoms with Crippen molar-refractivity contribution in [2.75, 3.05) is 6.54 Å². The Labute approximate surface area is 91.8 Å². The van der Waals surface area contributed by atoms with Crippen LogP contribution in [0.1, 0.15) is 51.4 Å². The van der Waals surface area contributed by atoms with Crippen molar-refractivity contribution in [3.05, 3.63) is 0 Å². The first kappa shape index (κ1) is 10.9. The van der Waals surface area contributed by atoms with E-state index in [1.54, 1.807) is 0 Å². The number of primary amides is 1. The number of amides is 1. The van der Waals surface area contributed by atoms with Gasteiger partial charge in [-0.1, -0.05) is 32.1 Å². The van der Waals surface area contributed by atoms with Crippen molar-refractivity contribution in [2.45, 2.75) is 56.9 Å². The maximum atomic E-state index is 11.6. The molecule has 0 radical (unpaired) electrons. The first-order valence-corrected chi connectivity index (χ1v) is 6.28. The molecule has 2 fully saturated rings. The van der Waals surface area contributed by atoms with Crippen LogP contribution in [-0.2, 0) is 4.79 Å². The summed E-state index contributed by atoms with van der Waals surface area (Å²) < 4.78 is 0. The van der Waals surface area contributed by atoms with E-state index in [1.807, 2.05) is 0 Å². The summed E-state index contributed by atoms with van der Waals surface area (Å²) in [4.78, 5) is 11.6. The Morgan fingerprint density at radius 1 is 1.27 bits per heavy atom. The Bertz CT molecular complexity index is 228. The summed E-state index contributed by atoms with van der Waals surface area (Å²) in [5.41, 5.74) is 5.19. The van der Waals surface area contributed by atoms with Gasteiger partial charge in [0.15, 0.2) is 0 Å². The molecule has 0 bridgehead atoms. The van der Waals surface area contributed by atoms with Gasteiger partial charge in [0.1, 0.15) is 0 Å². The van der Waals surface area contributed by atoms with Crippen LogP contribution in [0.2, 0.25) is 0 Å². The van der Waals surface area contributed by atoms with Crippen LogP contribution in [0.3, 0.4) is 0 Å². The van der Waals surface area contributed by atoms with Crippen molar-refractivity contribution >= 4 is 5.91 Å². The topological polar surface area (TPSA) is 55.1 Å². The Hall–Kier alpha value is -0.570. The third kappa shape index (κ3) is 2.33. The predicted octanol–water partition coefficient (Wildman–Crippen LogP) is 1.56. The highest BCUT2D eigenvalue weighted by Gasteiger charge is 2.40. The average Bonchev–Trinajstić information content (AvgIpc) is 2.69. The summed E-state index contributed by atoms with van der Waals surface area (Å²) >= 11 is 0. The molecule has 0 aromatic rings. The molecule has 3 N–H and O–H groups in total. The van der Waals surface area contributed by atoms with Crippen LogP contribution in [0.25, 0.3) is 0 Å². The normalized spacial score (nSPS) is 33.1. The van der Waals surface area contributed by atoms with Crippen LogP contribution in [0.4, 0.5) is 0 Å². The van der Waals surface area contributed by atoms with Crippen LogP contribution < -0.4 is 11.1 Å². The maximum absolute atomic E-state index is 11.6. The first-order chi connectivity index (χ1) is 7.23. The molecule has 1 saturated heterocycles. The van der Waals surface area contributed by atoms with Crippen LogP contribution in [-0.4, -0.2) is 18.0 Å². The summed E-state index contributed by atoms with van der Waals surface area (Å²) in [5.74, 6) is 0.586. The Balaban J connectivity index is 1.96. The number of carbonyl (C=O) groups is 1. The highest BCUT2D eigenvalue weighted by Crippen LogP contribution is 2.34. The van der Waals surface area contributed by atoms with Crippen molar-refractivity contribution in [1.82, 2.24) is 5.32 Å². The maximum Gasteiger partial charge on any atom is 0.237 e. The van der Waals surface area contributed by atoms with E-state index in [0.29, 0.717) is 0 Å². The number of hydrogen-bond acceptors (Lipinski definition) is 2. The van der Waals surface area contributed by atoms with Gasteiger partial charge >= 0.3 is 0 Å². The molecule has 86 valence electrons. The second kappa shape index (κ2) is 4.52. The van der Waals surface area contributed by atoms with Crippen molar-refractivity contribution in [2.24, 2.45) is 11.7 Å². The molecule has 1 saturated carbocycles. The predicted molar refractivity (Wildman–Crippen MR) is 60.4 cm³/mol. The molecule has 3 heteroatoms. The number of rotatable bonds is 3.